The third-order valence-corrected chi connectivity index (χ3v) is 5.86. The fraction of sp³-hybridized carbons (Fsp3) is 0.500. The van der Waals surface area contributed by atoms with Gasteiger partial charge in [0.1, 0.15) is 0 Å². The number of rotatable bonds is 6. The summed E-state index contributed by atoms with van der Waals surface area (Å²) in [6.07, 6.45) is 0. The van der Waals surface area contributed by atoms with Crippen molar-refractivity contribution in [1.82, 2.24) is 14.9 Å². The number of ether oxygens (including phenoxy) is 1. The second kappa shape index (κ2) is 8.41. The Morgan fingerprint density at radius 3 is 2.52 bits per heavy atom. The van der Waals surface area contributed by atoms with Crippen LogP contribution in [0.3, 0.4) is 0 Å². The van der Waals surface area contributed by atoms with Crippen LogP contribution in [-0.2, 0) is 19.6 Å². The van der Waals surface area contributed by atoms with Gasteiger partial charge in [0.2, 0.25) is 15.9 Å². The predicted octanol–water partition coefficient (Wildman–Crippen LogP) is -0.118. The first-order valence-corrected chi connectivity index (χ1v) is 9.53. The maximum absolute atomic E-state index is 12.8. The molecule has 1 aliphatic heterocycles. The summed E-state index contributed by atoms with van der Waals surface area (Å²) in [7, 11) is -3.69. The minimum Gasteiger partial charge on any atom is -0.379 e. The highest BCUT2D eigenvalue weighted by Gasteiger charge is 2.28. The molecule has 2 rings (SSSR count). The molecule has 0 aromatic heterocycles. The van der Waals surface area contributed by atoms with E-state index in [1.54, 1.807) is 26.0 Å². The zero-order valence-corrected chi connectivity index (χ0v) is 15.2. The Bertz CT molecular complexity index is 742. The Labute approximate surface area is 147 Å². The highest BCUT2D eigenvalue weighted by atomic mass is 32.2. The van der Waals surface area contributed by atoms with Crippen molar-refractivity contribution in [3.05, 3.63) is 29.3 Å². The highest BCUT2D eigenvalue weighted by Crippen LogP contribution is 2.22. The number of nitrogens with one attached hydrogen (secondary N) is 2. The lowest BCUT2D eigenvalue weighted by Crippen LogP contribution is -2.41. The van der Waals surface area contributed by atoms with Crippen LogP contribution in [0.1, 0.15) is 22.8 Å². The lowest BCUT2D eigenvalue weighted by atomic mass is 10.1. The van der Waals surface area contributed by atoms with Crippen LogP contribution in [0.15, 0.2) is 23.1 Å². The average Bonchev–Trinajstić information content (AvgIpc) is 2.61. The predicted molar refractivity (Wildman–Crippen MR) is 91.8 cm³/mol. The van der Waals surface area contributed by atoms with Gasteiger partial charge in [0, 0.05) is 25.2 Å². The van der Waals surface area contributed by atoms with Crippen LogP contribution in [0.2, 0.25) is 0 Å². The van der Waals surface area contributed by atoms with E-state index in [4.69, 9.17) is 4.74 Å². The third-order valence-electron chi connectivity index (χ3n) is 3.82. The second-order valence-corrected chi connectivity index (χ2v) is 7.54. The van der Waals surface area contributed by atoms with Gasteiger partial charge in [-0.2, -0.15) is 4.31 Å². The number of hydrogen-bond donors (Lipinski definition) is 2. The molecule has 0 unspecified atom stereocenters. The number of sulfonamides is 1. The van der Waals surface area contributed by atoms with E-state index in [0.29, 0.717) is 25.3 Å². The summed E-state index contributed by atoms with van der Waals surface area (Å²) < 4.78 is 32.2. The zero-order valence-electron chi connectivity index (χ0n) is 14.4. The molecule has 0 radical (unpaired) electrons. The smallest absolute Gasteiger partial charge is 0.251 e. The summed E-state index contributed by atoms with van der Waals surface area (Å²) in [5, 5.41) is 5.05. The molecule has 138 valence electrons. The second-order valence-electron chi connectivity index (χ2n) is 5.63. The summed E-state index contributed by atoms with van der Waals surface area (Å²) in [6.45, 7) is 5.06. The van der Waals surface area contributed by atoms with Crippen LogP contribution >= 0.6 is 0 Å². The van der Waals surface area contributed by atoms with E-state index >= 15 is 0 Å². The van der Waals surface area contributed by atoms with Gasteiger partial charge in [-0.1, -0.05) is 6.07 Å². The van der Waals surface area contributed by atoms with Gasteiger partial charge in [-0.3, -0.25) is 9.59 Å². The van der Waals surface area contributed by atoms with Crippen molar-refractivity contribution in [3.63, 3.8) is 0 Å². The fourth-order valence-corrected chi connectivity index (χ4v) is 4.13. The SMILES string of the molecule is CCNC(=O)CNC(=O)c1ccc(C)c(S(=O)(=O)N2CCOCC2)c1. The van der Waals surface area contributed by atoms with Crippen molar-refractivity contribution in [2.24, 2.45) is 0 Å². The topological polar surface area (TPSA) is 105 Å². The molecule has 1 aliphatic rings. The van der Waals surface area contributed by atoms with Crippen molar-refractivity contribution in [2.75, 3.05) is 39.4 Å². The number of morpholine rings is 1. The number of benzene rings is 1. The molecule has 1 fully saturated rings. The molecule has 0 atom stereocenters. The summed E-state index contributed by atoms with van der Waals surface area (Å²) in [5.74, 6) is -0.797. The number of likely N-dealkylation sites (N-methyl/N-ethyl adjacent to an activating group) is 1. The van der Waals surface area contributed by atoms with Crippen LogP contribution in [0.25, 0.3) is 0 Å². The van der Waals surface area contributed by atoms with Gasteiger partial charge >= 0.3 is 0 Å². The molecule has 8 nitrogen and oxygen atoms in total. The largest absolute Gasteiger partial charge is 0.379 e. The van der Waals surface area contributed by atoms with Gasteiger partial charge in [0.05, 0.1) is 24.7 Å². The van der Waals surface area contributed by atoms with E-state index in [2.05, 4.69) is 10.6 Å². The number of nitrogens with zero attached hydrogens (tertiary/aromatic N) is 1. The molecule has 2 N–H and O–H groups in total. The van der Waals surface area contributed by atoms with E-state index in [9.17, 15) is 18.0 Å². The van der Waals surface area contributed by atoms with E-state index in [1.165, 1.54) is 10.4 Å². The van der Waals surface area contributed by atoms with E-state index < -0.39 is 15.9 Å². The van der Waals surface area contributed by atoms with Crippen LogP contribution in [0, 0.1) is 6.92 Å². The number of aryl methyl sites for hydroxylation is 1. The van der Waals surface area contributed by atoms with Crippen molar-refractivity contribution < 1.29 is 22.7 Å². The maximum Gasteiger partial charge on any atom is 0.251 e. The van der Waals surface area contributed by atoms with Crippen LogP contribution in [-0.4, -0.2) is 63.9 Å². The monoisotopic (exact) mass is 369 g/mol. The fourth-order valence-electron chi connectivity index (χ4n) is 2.47. The van der Waals surface area contributed by atoms with E-state index in [-0.39, 0.29) is 36.0 Å². The zero-order chi connectivity index (χ0) is 18.4. The number of hydrogen-bond acceptors (Lipinski definition) is 5. The van der Waals surface area contributed by atoms with E-state index in [1.807, 2.05) is 0 Å². The molecular formula is C16H23N3O5S. The summed E-state index contributed by atoms with van der Waals surface area (Å²) in [6, 6.07) is 4.49. The van der Waals surface area contributed by atoms with Gasteiger partial charge in [-0.15, -0.1) is 0 Å². The summed E-state index contributed by atoms with van der Waals surface area (Å²) >= 11 is 0. The van der Waals surface area contributed by atoms with Gasteiger partial charge in [0.15, 0.2) is 0 Å². The molecule has 1 aromatic rings. The first-order valence-electron chi connectivity index (χ1n) is 8.09. The standard InChI is InChI=1S/C16H23N3O5S/c1-3-17-15(20)11-18-16(21)13-5-4-12(2)14(10-13)25(22,23)19-6-8-24-9-7-19/h4-5,10H,3,6-9,11H2,1-2H3,(H,17,20)(H,18,21). The van der Waals surface area contributed by atoms with E-state index in [0.717, 1.165) is 0 Å². The molecule has 1 saturated heterocycles. The van der Waals surface area contributed by atoms with Crippen LogP contribution < -0.4 is 10.6 Å². The van der Waals surface area contributed by atoms with Gasteiger partial charge in [-0.05, 0) is 31.5 Å². The first-order chi connectivity index (χ1) is 11.9. The normalized spacial score (nSPS) is 15.6. The Kier molecular flexibility index (Phi) is 6.51. The summed E-state index contributed by atoms with van der Waals surface area (Å²) in [5.41, 5.74) is 0.758. The molecule has 2 amide bonds. The van der Waals surface area contributed by atoms with Gasteiger partial charge in [0.25, 0.3) is 5.91 Å². The molecule has 0 bridgehead atoms. The number of carbonyl (C=O) groups excluding carboxylic acids is 2. The lowest BCUT2D eigenvalue weighted by molar-refractivity contribution is -0.120. The Morgan fingerprint density at radius 2 is 1.88 bits per heavy atom. The van der Waals surface area contributed by atoms with Crippen LogP contribution in [0.4, 0.5) is 0 Å². The van der Waals surface area contributed by atoms with Crippen molar-refractivity contribution >= 4 is 21.8 Å². The highest BCUT2D eigenvalue weighted by molar-refractivity contribution is 7.89. The van der Waals surface area contributed by atoms with Crippen molar-refractivity contribution in [1.29, 1.82) is 0 Å². The molecule has 0 spiro atoms. The minimum atomic E-state index is -3.69. The quantitative estimate of drug-likeness (QED) is 0.728. The van der Waals surface area contributed by atoms with Crippen LogP contribution in [0.5, 0.6) is 0 Å². The number of carbonyl (C=O) groups is 2. The maximum atomic E-state index is 12.8. The van der Waals surface area contributed by atoms with Gasteiger partial charge in [-0.25, -0.2) is 8.42 Å². The van der Waals surface area contributed by atoms with Crippen molar-refractivity contribution in [3.8, 4) is 0 Å². The Hall–Kier alpha value is -1.97. The molecule has 0 aliphatic carbocycles. The molecule has 0 saturated carbocycles. The first kappa shape index (κ1) is 19.4. The third kappa shape index (κ3) is 4.77. The molecule has 9 heteroatoms. The Morgan fingerprint density at radius 1 is 1.20 bits per heavy atom. The molecule has 25 heavy (non-hydrogen) atoms. The summed E-state index contributed by atoms with van der Waals surface area (Å²) in [4.78, 5) is 23.7. The van der Waals surface area contributed by atoms with Gasteiger partial charge < -0.3 is 15.4 Å². The van der Waals surface area contributed by atoms with Crippen molar-refractivity contribution in [2.45, 2.75) is 18.7 Å². The number of amides is 2. The average molecular weight is 369 g/mol. The molecule has 1 aromatic carbocycles. The minimum absolute atomic E-state index is 0.0973. The Balaban J connectivity index is 2.19. The lowest BCUT2D eigenvalue weighted by Gasteiger charge is -2.26. The molecule has 1 heterocycles. The molecular weight excluding hydrogens is 346 g/mol.